The molecule has 0 saturated heterocycles. The molecule has 0 aromatic carbocycles. The van der Waals surface area contributed by atoms with Crippen LogP contribution >= 0.6 is 22.7 Å². The second kappa shape index (κ2) is 5.42. The Morgan fingerprint density at radius 2 is 2.35 bits per heavy atom. The number of carbonyl (C=O) groups is 1. The molecule has 0 bridgehead atoms. The first kappa shape index (κ1) is 12.3. The van der Waals surface area contributed by atoms with Crippen molar-refractivity contribution in [3.05, 3.63) is 27.9 Å². The summed E-state index contributed by atoms with van der Waals surface area (Å²) in [6.45, 7) is 4.03. The van der Waals surface area contributed by atoms with Crippen molar-refractivity contribution in [1.82, 2.24) is 10.3 Å². The monoisotopic (exact) mass is 266 g/mol. The number of nitrogens with one attached hydrogen (secondary N) is 1. The lowest BCUT2D eigenvalue weighted by Crippen LogP contribution is -2.32. The molecule has 0 saturated carbocycles. The molecule has 90 valence electrons. The molecule has 0 spiro atoms. The predicted octanol–water partition coefficient (Wildman–Crippen LogP) is 3.40. The predicted molar refractivity (Wildman–Crippen MR) is 72.6 cm³/mol. The molecular weight excluding hydrogens is 252 g/mol. The number of hydrogen-bond acceptors (Lipinski definition) is 4. The van der Waals surface area contributed by atoms with Crippen LogP contribution < -0.4 is 5.32 Å². The highest BCUT2D eigenvalue weighted by atomic mass is 32.1. The van der Waals surface area contributed by atoms with Crippen LogP contribution in [0.5, 0.6) is 0 Å². The smallest absolute Gasteiger partial charge is 0.270 e. The Morgan fingerprint density at radius 1 is 1.53 bits per heavy atom. The van der Waals surface area contributed by atoms with E-state index in [1.54, 1.807) is 11.3 Å². The number of aromatic nitrogens is 1. The van der Waals surface area contributed by atoms with Crippen molar-refractivity contribution >= 4 is 28.6 Å². The van der Waals surface area contributed by atoms with Gasteiger partial charge in [0.25, 0.3) is 5.91 Å². The van der Waals surface area contributed by atoms with E-state index < -0.39 is 0 Å². The van der Waals surface area contributed by atoms with Gasteiger partial charge in [-0.2, -0.15) is 11.3 Å². The normalized spacial score (nSPS) is 12.4. The van der Waals surface area contributed by atoms with Crippen LogP contribution in [0.3, 0.4) is 0 Å². The minimum Gasteiger partial charge on any atom is -0.348 e. The van der Waals surface area contributed by atoms with Gasteiger partial charge in [0.1, 0.15) is 10.7 Å². The third kappa shape index (κ3) is 2.92. The largest absolute Gasteiger partial charge is 0.348 e. The van der Waals surface area contributed by atoms with E-state index in [0.29, 0.717) is 5.69 Å². The summed E-state index contributed by atoms with van der Waals surface area (Å²) in [7, 11) is 0. The Hall–Kier alpha value is -1.20. The van der Waals surface area contributed by atoms with Gasteiger partial charge in [-0.15, -0.1) is 11.3 Å². The van der Waals surface area contributed by atoms with Crippen molar-refractivity contribution in [3.63, 3.8) is 0 Å². The highest BCUT2D eigenvalue weighted by Crippen LogP contribution is 2.25. The van der Waals surface area contributed by atoms with E-state index >= 15 is 0 Å². The molecular formula is C12H14N2OS2. The summed E-state index contributed by atoms with van der Waals surface area (Å²) in [5, 5.41) is 9.67. The molecule has 0 aliphatic rings. The first-order valence-corrected chi connectivity index (χ1v) is 7.32. The molecule has 3 nitrogen and oxygen atoms in total. The molecule has 1 unspecified atom stereocenters. The second-order valence-corrected chi connectivity index (χ2v) is 5.47. The van der Waals surface area contributed by atoms with Crippen LogP contribution in [0.15, 0.2) is 22.2 Å². The quantitative estimate of drug-likeness (QED) is 0.921. The van der Waals surface area contributed by atoms with Crippen molar-refractivity contribution in [2.24, 2.45) is 0 Å². The third-order valence-corrected chi connectivity index (χ3v) is 4.07. The molecule has 0 fully saturated rings. The lowest BCUT2D eigenvalue weighted by Gasteiger charge is -2.09. The van der Waals surface area contributed by atoms with Crippen molar-refractivity contribution in [2.45, 2.75) is 26.3 Å². The number of thiophene rings is 1. The van der Waals surface area contributed by atoms with Gasteiger partial charge in [0, 0.05) is 22.4 Å². The van der Waals surface area contributed by atoms with E-state index in [4.69, 9.17) is 0 Å². The average molecular weight is 266 g/mol. The highest BCUT2D eigenvalue weighted by Gasteiger charge is 2.13. The summed E-state index contributed by atoms with van der Waals surface area (Å²) >= 11 is 3.14. The van der Waals surface area contributed by atoms with E-state index in [0.717, 1.165) is 17.0 Å². The maximum Gasteiger partial charge on any atom is 0.270 e. The summed E-state index contributed by atoms with van der Waals surface area (Å²) in [5.74, 6) is -0.0860. The van der Waals surface area contributed by atoms with Crippen LogP contribution in [0.1, 0.15) is 30.8 Å². The molecule has 2 heterocycles. The SMILES string of the molecule is CCC(C)NC(=O)c1csc(-c2ccsc2)n1. The molecule has 1 atom stereocenters. The van der Waals surface area contributed by atoms with Gasteiger partial charge in [-0.25, -0.2) is 4.98 Å². The molecule has 5 heteroatoms. The summed E-state index contributed by atoms with van der Waals surface area (Å²) in [4.78, 5) is 16.2. The minimum absolute atomic E-state index is 0.0860. The van der Waals surface area contributed by atoms with E-state index in [2.05, 4.69) is 10.3 Å². The van der Waals surface area contributed by atoms with E-state index in [1.807, 2.05) is 36.1 Å². The Morgan fingerprint density at radius 3 is 3.00 bits per heavy atom. The topological polar surface area (TPSA) is 42.0 Å². The molecule has 2 aromatic heterocycles. The molecule has 2 rings (SSSR count). The van der Waals surface area contributed by atoms with Crippen LogP contribution in [0.25, 0.3) is 10.6 Å². The number of hydrogen-bond donors (Lipinski definition) is 1. The Kier molecular flexibility index (Phi) is 3.91. The fourth-order valence-electron chi connectivity index (χ4n) is 1.30. The minimum atomic E-state index is -0.0860. The summed E-state index contributed by atoms with van der Waals surface area (Å²) in [6.07, 6.45) is 0.924. The molecule has 0 aliphatic heterocycles. The summed E-state index contributed by atoms with van der Waals surface area (Å²) < 4.78 is 0. The van der Waals surface area contributed by atoms with Gasteiger partial charge in [-0.1, -0.05) is 6.92 Å². The van der Waals surface area contributed by atoms with Gasteiger partial charge >= 0.3 is 0 Å². The summed E-state index contributed by atoms with van der Waals surface area (Å²) in [5.41, 5.74) is 1.60. The number of amides is 1. The molecule has 1 amide bonds. The zero-order chi connectivity index (χ0) is 12.3. The number of rotatable bonds is 4. The maximum atomic E-state index is 11.8. The second-order valence-electron chi connectivity index (χ2n) is 3.83. The Labute approximate surface area is 109 Å². The van der Waals surface area contributed by atoms with Crippen LogP contribution in [0, 0.1) is 0 Å². The van der Waals surface area contributed by atoms with E-state index in [1.165, 1.54) is 11.3 Å². The molecule has 17 heavy (non-hydrogen) atoms. The van der Waals surface area contributed by atoms with Gasteiger partial charge < -0.3 is 5.32 Å². The lowest BCUT2D eigenvalue weighted by molar-refractivity contribution is 0.0935. The molecule has 0 radical (unpaired) electrons. The number of carbonyl (C=O) groups excluding carboxylic acids is 1. The Bertz CT molecular complexity index is 490. The summed E-state index contributed by atoms with van der Waals surface area (Å²) in [6, 6.07) is 2.20. The van der Waals surface area contributed by atoms with Crippen LogP contribution in [0.4, 0.5) is 0 Å². The highest BCUT2D eigenvalue weighted by molar-refractivity contribution is 7.14. The first-order chi connectivity index (χ1) is 8.20. The van der Waals surface area contributed by atoms with Gasteiger partial charge in [0.2, 0.25) is 0 Å². The molecule has 2 aromatic rings. The van der Waals surface area contributed by atoms with Crippen molar-refractivity contribution in [3.8, 4) is 10.6 Å². The average Bonchev–Trinajstić information content (AvgIpc) is 2.98. The van der Waals surface area contributed by atoms with Crippen molar-refractivity contribution < 1.29 is 4.79 Å². The lowest BCUT2D eigenvalue weighted by atomic mass is 10.2. The van der Waals surface area contributed by atoms with Crippen LogP contribution in [-0.4, -0.2) is 16.9 Å². The number of thiazole rings is 1. The molecule has 1 N–H and O–H groups in total. The Balaban J connectivity index is 2.11. The van der Waals surface area contributed by atoms with Crippen molar-refractivity contribution in [1.29, 1.82) is 0 Å². The maximum absolute atomic E-state index is 11.8. The van der Waals surface area contributed by atoms with Gasteiger partial charge in [-0.3, -0.25) is 4.79 Å². The third-order valence-electron chi connectivity index (χ3n) is 2.49. The zero-order valence-electron chi connectivity index (χ0n) is 9.77. The first-order valence-electron chi connectivity index (χ1n) is 5.49. The number of nitrogens with zero attached hydrogens (tertiary/aromatic N) is 1. The van der Waals surface area contributed by atoms with Crippen molar-refractivity contribution in [2.75, 3.05) is 0 Å². The zero-order valence-corrected chi connectivity index (χ0v) is 11.4. The van der Waals surface area contributed by atoms with Gasteiger partial charge in [0.15, 0.2) is 0 Å². The van der Waals surface area contributed by atoms with E-state index in [-0.39, 0.29) is 11.9 Å². The fourth-order valence-corrected chi connectivity index (χ4v) is 2.81. The van der Waals surface area contributed by atoms with Crippen LogP contribution in [-0.2, 0) is 0 Å². The van der Waals surface area contributed by atoms with E-state index in [9.17, 15) is 4.79 Å². The molecule has 0 aliphatic carbocycles. The fraction of sp³-hybridized carbons (Fsp3) is 0.333. The van der Waals surface area contributed by atoms with Gasteiger partial charge in [0.05, 0.1) is 0 Å². The van der Waals surface area contributed by atoms with Gasteiger partial charge in [-0.05, 0) is 24.8 Å². The van der Waals surface area contributed by atoms with Crippen LogP contribution in [0.2, 0.25) is 0 Å². The standard InChI is InChI=1S/C12H14N2OS2/c1-3-8(2)13-11(15)10-7-17-12(14-10)9-4-5-16-6-9/h4-8H,3H2,1-2H3,(H,13,15).